The van der Waals surface area contributed by atoms with E-state index >= 15 is 0 Å². The molecule has 0 aliphatic carbocycles. The number of benzene rings is 1. The molecule has 1 atom stereocenters. The zero-order chi connectivity index (χ0) is 13.5. The Morgan fingerprint density at radius 1 is 1.17 bits per heavy atom. The van der Waals surface area contributed by atoms with Gasteiger partial charge in [-0.3, -0.25) is 0 Å². The maximum Gasteiger partial charge on any atom is 0.0480 e. The lowest BCUT2D eigenvalue weighted by Crippen LogP contribution is -2.29. The van der Waals surface area contributed by atoms with Crippen LogP contribution >= 0.6 is 0 Å². The second kappa shape index (κ2) is 7.55. The summed E-state index contributed by atoms with van der Waals surface area (Å²) in [5.41, 5.74) is 5.65. The summed E-state index contributed by atoms with van der Waals surface area (Å²) in [6, 6.07) is 5.05. The van der Waals surface area contributed by atoms with Crippen molar-refractivity contribution in [2.75, 3.05) is 20.3 Å². The van der Waals surface area contributed by atoms with Crippen LogP contribution in [0.2, 0.25) is 0 Å². The number of rotatable bonds is 7. The number of hydrogen-bond acceptors (Lipinski definition) is 2. The Hall–Kier alpha value is -0.860. The van der Waals surface area contributed by atoms with E-state index in [1.54, 1.807) is 0 Å². The number of nitrogens with one attached hydrogen (secondary N) is 1. The summed E-state index contributed by atoms with van der Waals surface area (Å²) in [7, 11) is 2.04. The third-order valence-electron chi connectivity index (χ3n) is 3.51. The molecule has 0 bridgehead atoms. The Morgan fingerprint density at radius 3 is 2.28 bits per heavy atom. The molecule has 0 aromatic heterocycles. The van der Waals surface area contributed by atoms with Gasteiger partial charge >= 0.3 is 0 Å². The molecule has 102 valence electrons. The molecule has 1 aromatic carbocycles. The summed E-state index contributed by atoms with van der Waals surface area (Å²) in [5.74, 6) is 0. The molecule has 1 rings (SSSR count). The Labute approximate surface area is 112 Å². The highest BCUT2D eigenvalue weighted by molar-refractivity contribution is 5.38. The predicted octanol–water partition coefficient (Wildman–Crippen LogP) is 3.17. The van der Waals surface area contributed by atoms with Gasteiger partial charge in [0.2, 0.25) is 0 Å². The minimum absolute atomic E-state index is 0.497. The molecule has 0 aliphatic rings. The lowest BCUT2D eigenvalue weighted by molar-refractivity contribution is 0.137. The minimum atomic E-state index is 0.497. The average molecular weight is 249 g/mol. The molecular weight excluding hydrogens is 222 g/mol. The van der Waals surface area contributed by atoms with Crippen LogP contribution in [0.4, 0.5) is 0 Å². The van der Waals surface area contributed by atoms with Crippen molar-refractivity contribution in [1.29, 1.82) is 0 Å². The quantitative estimate of drug-likeness (QED) is 0.749. The fraction of sp³-hybridized carbons (Fsp3) is 0.625. The lowest BCUT2D eigenvalue weighted by Gasteiger charge is -2.19. The van der Waals surface area contributed by atoms with Gasteiger partial charge in [-0.2, -0.15) is 0 Å². The van der Waals surface area contributed by atoms with E-state index < -0.39 is 0 Å². The normalized spacial score (nSPS) is 12.7. The van der Waals surface area contributed by atoms with E-state index in [0.29, 0.717) is 6.04 Å². The topological polar surface area (TPSA) is 21.3 Å². The van der Waals surface area contributed by atoms with Crippen LogP contribution in [-0.2, 0) is 11.2 Å². The average Bonchev–Trinajstić information content (AvgIpc) is 2.31. The van der Waals surface area contributed by atoms with Crippen LogP contribution in [0.25, 0.3) is 0 Å². The van der Waals surface area contributed by atoms with Crippen molar-refractivity contribution in [3.8, 4) is 0 Å². The highest BCUT2D eigenvalue weighted by atomic mass is 16.5. The Bertz CT molecular complexity index is 350. The van der Waals surface area contributed by atoms with E-state index in [1.807, 2.05) is 14.0 Å². The van der Waals surface area contributed by atoms with Crippen LogP contribution in [0.5, 0.6) is 0 Å². The standard InChI is InChI=1S/C16H27NO/c1-6-18-8-7-15(17-5)11-16-13(3)9-12(2)10-14(16)4/h9-10,15,17H,6-8,11H2,1-5H3. The van der Waals surface area contributed by atoms with Crippen molar-refractivity contribution in [1.82, 2.24) is 5.32 Å². The van der Waals surface area contributed by atoms with E-state index in [9.17, 15) is 0 Å². The van der Waals surface area contributed by atoms with Crippen molar-refractivity contribution >= 4 is 0 Å². The monoisotopic (exact) mass is 249 g/mol. The molecule has 0 amide bonds. The molecule has 0 radical (unpaired) electrons. The predicted molar refractivity (Wildman–Crippen MR) is 78.3 cm³/mol. The summed E-state index contributed by atoms with van der Waals surface area (Å²) < 4.78 is 5.44. The van der Waals surface area contributed by atoms with Crippen LogP contribution in [0, 0.1) is 20.8 Å². The second-order valence-electron chi connectivity index (χ2n) is 5.05. The van der Waals surface area contributed by atoms with E-state index in [4.69, 9.17) is 4.74 Å². The minimum Gasteiger partial charge on any atom is -0.382 e. The van der Waals surface area contributed by atoms with E-state index in [1.165, 1.54) is 22.3 Å². The summed E-state index contributed by atoms with van der Waals surface area (Å²) >= 11 is 0. The molecule has 0 fully saturated rings. The first-order chi connectivity index (χ1) is 8.58. The Balaban J connectivity index is 2.69. The molecule has 1 N–H and O–H groups in total. The van der Waals surface area contributed by atoms with Crippen LogP contribution in [0.15, 0.2) is 12.1 Å². The van der Waals surface area contributed by atoms with Crippen LogP contribution in [-0.4, -0.2) is 26.3 Å². The zero-order valence-corrected chi connectivity index (χ0v) is 12.5. The third-order valence-corrected chi connectivity index (χ3v) is 3.51. The summed E-state index contributed by atoms with van der Waals surface area (Å²) in [6.45, 7) is 10.3. The molecule has 0 aliphatic heterocycles. The molecule has 0 saturated heterocycles. The molecule has 1 unspecified atom stereocenters. The van der Waals surface area contributed by atoms with Crippen LogP contribution in [0.1, 0.15) is 35.6 Å². The van der Waals surface area contributed by atoms with E-state index in [2.05, 4.69) is 38.2 Å². The van der Waals surface area contributed by atoms with Crippen molar-refractivity contribution in [2.24, 2.45) is 0 Å². The van der Waals surface area contributed by atoms with Gasteiger partial charge in [-0.05, 0) is 64.3 Å². The molecule has 0 spiro atoms. The van der Waals surface area contributed by atoms with Gasteiger partial charge < -0.3 is 10.1 Å². The third kappa shape index (κ3) is 4.43. The fourth-order valence-electron chi connectivity index (χ4n) is 2.50. The largest absolute Gasteiger partial charge is 0.382 e. The highest BCUT2D eigenvalue weighted by Gasteiger charge is 2.11. The van der Waals surface area contributed by atoms with Gasteiger partial charge in [-0.25, -0.2) is 0 Å². The number of likely N-dealkylation sites (N-methyl/N-ethyl adjacent to an activating group) is 1. The van der Waals surface area contributed by atoms with E-state index in [-0.39, 0.29) is 0 Å². The van der Waals surface area contributed by atoms with Gasteiger partial charge in [0.05, 0.1) is 0 Å². The fourth-order valence-corrected chi connectivity index (χ4v) is 2.50. The Morgan fingerprint density at radius 2 is 1.78 bits per heavy atom. The van der Waals surface area contributed by atoms with Gasteiger partial charge in [0, 0.05) is 19.3 Å². The molecule has 0 saturated carbocycles. The summed E-state index contributed by atoms with van der Waals surface area (Å²) in [5, 5.41) is 3.40. The maximum absolute atomic E-state index is 5.44. The smallest absolute Gasteiger partial charge is 0.0480 e. The van der Waals surface area contributed by atoms with Crippen molar-refractivity contribution < 1.29 is 4.74 Å². The highest BCUT2D eigenvalue weighted by Crippen LogP contribution is 2.18. The van der Waals surface area contributed by atoms with Crippen molar-refractivity contribution in [3.05, 3.63) is 34.4 Å². The molecule has 2 heteroatoms. The van der Waals surface area contributed by atoms with Crippen molar-refractivity contribution in [2.45, 2.75) is 46.6 Å². The first-order valence-corrected chi connectivity index (χ1v) is 6.90. The maximum atomic E-state index is 5.44. The van der Waals surface area contributed by atoms with E-state index in [0.717, 1.165) is 26.1 Å². The van der Waals surface area contributed by atoms with Crippen molar-refractivity contribution in [3.63, 3.8) is 0 Å². The summed E-state index contributed by atoms with van der Waals surface area (Å²) in [4.78, 5) is 0. The Kier molecular flexibility index (Phi) is 6.37. The molecular formula is C16H27NO. The molecule has 2 nitrogen and oxygen atoms in total. The SMILES string of the molecule is CCOCCC(Cc1c(C)cc(C)cc1C)NC. The van der Waals surface area contributed by atoms with Gasteiger partial charge in [-0.1, -0.05) is 17.7 Å². The zero-order valence-electron chi connectivity index (χ0n) is 12.5. The molecule has 1 aromatic rings. The van der Waals surface area contributed by atoms with Gasteiger partial charge in [0.15, 0.2) is 0 Å². The summed E-state index contributed by atoms with van der Waals surface area (Å²) in [6.07, 6.45) is 2.15. The van der Waals surface area contributed by atoms with Gasteiger partial charge in [-0.15, -0.1) is 0 Å². The van der Waals surface area contributed by atoms with Crippen LogP contribution < -0.4 is 5.32 Å². The number of aryl methyl sites for hydroxylation is 3. The molecule has 18 heavy (non-hydrogen) atoms. The van der Waals surface area contributed by atoms with Gasteiger partial charge in [0.25, 0.3) is 0 Å². The van der Waals surface area contributed by atoms with Gasteiger partial charge in [0.1, 0.15) is 0 Å². The van der Waals surface area contributed by atoms with Crippen LogP contribution in [0.3, 0.4) is 0 Å². The second-order valence-corrected chi connectivity index (χ2v) is 5.05. The molecule has 0 heterocycles. The number of ether oxygens (including phenoxy) is 1. The first kappa shape index (κ1) is 15.2. The first-order valence-electron chi connectivity index (χ1n) is 6.90. The number of hydrogen-bond donors (Lipinski definition) is 1. The lowest BCUT2D eigenvalue weighted by atomic mass is 9.93.